The quantitative estimate of drug-likeness (QED) is 0.310. The van der Waals surface area contributed by atoms with Crippen molar-refractivity contribution >= 4 is 29.9 Å². The molecule has 2 rings (SSSR count). The van der Waals surface area contributed by atoms with E-state index < -0.39 is 30.2 Å². The molecule has 2 amide bonds. The average molecular weight is 401 g/mol. The van der Waals surface area contributed by atoms with E-state index in [1.165, 1.54) is 25.2 Å². The molecule has 2 unspecified atom stereocenters. The van der Waals surface area contributed by atoms with Crippen LogP contribution in [-0.2, 0) is 19.1 Å². The molecule has 0 aliphatic carbocycles. The number of carbonyl (C=O) groups excluding carboxylic acids is 3. The van der Waals surface area contributed by atoms with E-state index in [1.807, 2.05) is 0 Å². The summed E-state index contributed by atoms with van der Waals surface area (Å²) in [4.78, 5) is 35.0. The number of amides is 2. The Morgan fingerprint density at radius 3 is 2.85 bits per heavy atom. The summed E-state index contributed by atoms with van der Waals surface area (Å²) in [5, 5.41) is 13.0. The maximum absolute atomic E-state index is 14.8. The minimum absolute atomic E-state index is 0.127. The number of rotatable bonds is 7. The molecule has 0 spiro atoms. The van der Waals surface area contributed by atoms with Crippen LogP contribution in [0.15, 0.2) is 36.5 Å². The second-order valence-electron chi connectivity index (χ2n) is 5.76. The molecule has 2 N–H and O–H groups in total. The van der Waals surface area contributed by atoms with Gasteiger partial charge in [0.1, 0.15) is 0 Å². The van der Waals surface area contributed by atoms with E-state index in [0.29, 0.717) is 9.92 Å². The highest BCUT2D eigenvalue weighted by Crippen LogP contribution is 2.39. The first-order valence-corrected chi connectivity index (χ1v) is 8.27. The number of aliphatic hydroxyl groups is 1. The maximum Gasteiger partial charge on any atom is 0.338 e. The number of nitrogens with one attached hydrogen (secondary N) is 1. The molecule has 0 radical (unpaired) electrons. The third-order valence-corrected chi connectivity index (χ3v) is 4.03. The fraction of sp³-hybridized carbons (Fsp3) is 0.353. The molecule has 1 saturated heterocycles. The van der Waals surface area contributed by atoms with E-state index in [4.69, 9.17) is 21.1 Å². The van der Waals surface area contributed by atoms with Crippen LogP contribution in [0, 0.1) is 0 Å². The summed E-state index contributed by atoms with van der Waals surface area (Å²) in [6, 6.07) is 5.91. The highest BCUT2D eigenvalue weighted by molar-refractivity contribution is 6.30. The average Bonchev–Trinajstić information content (AvgIpc) is 2.96. The van der Waals surface area contributed by atoms with Crippen LogP contribution in [-0.4, -0.2) is 53.7 Å². The standard InChI is InChI=1S/C17H18ClFN2O6/c1-20-14(23)5-8-21(11-22)17(25)7-6-16(19,27-17)10-26-15(24)12-3-2-4-13(18)9-12/h2-5,8-9,11,25H,6-7,10H2,1H3,(H,20,23)/b8-5-. The van der Waals surface area contributed by atoms with Gasteiger partial charge in [0.2, 0.25) is 18.2 Å². The zero-order valence-electron chi connectivity index (χ0n) is 14.4. The van der Waals surface area contributed by atoms with E-state index in [1.54, 1.807) is 6.07 Å². The number of halogens is 2. The van der Waals surface area contributed by atoms with E-state index in [9.17, 15) is 23.9 Å². The molecule has 146 valence electrons. The van der Waals surface area contributed by atoms with Crippen LogP contribution < -0.4 is 5.32 Å². The Hall–Kier alpha value is -2.49. The zero-order chi connectivity index (χ0) is 20.1. The SMILES string of the molecule is CNC(=O)/C=C\N(C=O)C1(O)CCC(F)(COC(=O)c2cccc(Cl)c2)O1. The van der Waals surface area contributed by atoms with Gasteiger partial charge in [-0.05, 0) is 18.2 Å². The number of esters is 1. The molecule has 0 saturated carbocycles. The zero-order valence-corrected chi connectivity index (χ0v) is 15.1. The summed E-state index contributed by atoms with van der Waals surface area (Å²) >= 11 is 5.78. The topological polar surface area (TPSA) is 105 Å². The third-order valence-electron chi connectivity index (χ3n) is 3.80. The molecule has 1 fully saturated rings. The van der Waals surface area contributed by atoms with Gasteiger partial charge in [0.25, 0.3) is 5.91 Å². The second kappa shape index (κ2) is 8.47. The van der Waals surface area contributed by atoms with Crippen molar-refractivity contribution in [3.8, 4) is 0 Å². The van der Waals surface area contributed by atoms with Crippen molar-refractivity contribution in [2.24, 2.45) is 0 Å². The molecular weight excluding hydrogens is 383 g/mol. The first kappa shape index (κ1) is 20.8. The van der Waals surface area contributed by atoms with Crippen LogP contribution in [0.1, 0.15) is 23.2 Å². The monoisotopic (exact) mass is 400 g/mol. The summed E-state index contributed by atoms with van der Waals surface area (Å²) < 4.78 is 24.7. The van der Waals surface area contributed by atoms with Crippen LogP contribution in [0.2, 0.25) is 5.02 Å². The lowest BCUT2D eigenvalue weighted by molar-refractivity contribution is -0.312. The summed E-state index contributed by atoms with van der Waals surface area (Å²) in [6.45, 7) is -0.799. The van der Waals surface area contributed by atoms with Gasteiger partial charge in [-0.3, -0.25) is 19.2 Å². The van der Waals surface area contributed by atoms with Gasteiger partial charge in [0.15, 0.2) is 6.61 Å². The highest BCUT2D eigenvalue weighted by Gasteiger charge is 2.53. The molecule has 1 heterocycles. The lowest BCUT2D eigenvalue weighted by Crippen LogP contribution is -2.47. The first-order valence-electron chi connectivity index (χ1n) is 7.89. The van der Waals surface area contributed by atoms with Gasteiger partial charge in [-0.15, -0.1) is 0 Å². The molecule has 0 aromatic heterocycles. The minimum atomic E-state index is -2.51. The van der Waals surface area contributed by atoms with Gasteiger partial charge in [-0.1, -0.05) is 17.7 Å². The van der Waals surface area contributed by atoms with Crippen molar-refractivity contribution in [3.05, 3.63) is 47.1 Å². The van der Waals surface area contributed by atoms with Crippen LogP contribution in [0.25, 0.3) is 0 Å². The first-order chi connectivity index (χ1) is 12.7. The van der Waals surface area contributed by atoms with Gasteiger partial charge in [0, 0.05) is 37.2 Å². The fourth-order valence-electron chi connectivity index (χ4n) is 2.37. The van der Waals surface area contributed by atoms with E-state index in [2.05, 4.69) is 5.32 Å². The largest absolute Gasteiger partial charge is 0.456 e. The number of hydrogen-bond acceptors (Lipinski definition) is 6. The van der Waals surface area contributed by atoms with Crippen molar-refractivity contribution in [2.45, 2.75) is 24.6 Å². The van der Waals surface area contributed by atoms with Crippen LogP contribution >= 0.6 is 11.6 Å². The molecule has 27 heavy (non-hydrogen) atoms. The molecular formula is C17H18ClFN2O6. The maximum atomic E-state index is 14.8. The molecule has 1 aliphatic rings. The fourth-order valence-corrected chi connectivity index (χ4v) is 2.56. The summed E-state index contributed by atoms with van der Waals surface area (Å²) in [6.07, 6.45) is 1.46. The van der Waals surface area contributed by atoms with E-state index in [-0.39, 0.29) is 24.8 Å². The summed E-state index contributed by atoms with van der Waals surface area (Å²) in [5.74, 6) is -6.18. The molecule has 1 aliphatic heterocycles. The second-order valence-corrected chi connectivity index (χ2v) is 6.19. The number of alkyl halides is 1. The summed E-state index contributed by atoms with van der Waals surface area (Å²) in [5.41, 5.74) is 0.127. The highest BCUT2D eigenvalue weighted by atomic mass is 35.5. The van der Waals surface area contributed by atoms with Crippen molar-refractivity contribution in [3.63, 3.8) is 0 Å². The lowest BCUT2D eigenvalue weighted by Gasteiger charge is -2.31. The lowest BCUT2D eigenvalue weighted by atomic mass is 10.2. The minimum Gasteiger partial charge on any atom is -0.456 e. The molecule has 0 bridgehead atoms. The number of likely N-dealkylation sites (N-methyl/N-ethyl adjacent to an activating group) is 1. The van der Waals surface area contributed by atoms with Crippen molar-refractivity contribution in [2.75, 3.05) is 13.7 Å². The van der Waals surface area contributed by atoms with Gasteiger partial charge in [-0.25, -0.2) is 9.18 Å². The van der Waals surface area contributed by atoms with E-state index in [0.717, 1.165) is 12.3 Å². The van der Waals surface area contributed by atoms with Gasteiger partial charge in [-0.2, -0.15) is 0 Å². The number of benzene rings is 1. The van der Waals surface area contributed by atoms with Crippen LogP contribution in [0.3, 0.4) is 0 Å². The molecule has 1 aromatic rings. The third kappa shape index (κ3) is 5.25. The Balaban J connectivity index is 2.01. The predicted molar refractivity (Wildman–Crippen MR) is 92.0 cm³/mol. The smallest absolute Gasteiger partial charge is 0.338 e. The molecule has 2 atom stereocenters. The number of hydrogen-bond donors (Lipinski definition) is 2. The normalized spacial score (nSPS) is 24.6. The van der Waals surface area contributed by atoms with Crippen LogP contribution in [0.4, 0.5) is 4.39 Å². The molecule has 8 nitrogen and oxygen atoms in total. The van der Waals surface area contributed by atoms with Gasteiger partial charge in [0.05, 0.1) is 5.56 Å². The molecule has 1 aromatic carbocycles. The van der Waals surface area contributed by atoms with Crippen molar-refractivity contribution < 1.29 is 33.4 Å². The van der Waals surface area contributed by atoms with Gasteiger partial charge >= 0.3 is 5.97 Å². The Morgan fingerprint density at radius 1 is 1.48 bits per heavy atom. The van der Waals surface area contributed by atoms with E-state index >= 15 is 0 Å². The number of carbonyl (C=O) groups is 3. The van der Waals surface area contributed by atoms with Crippen molar-refractivity contribution in [1.29, 1.82) is 0 Å². The van der Waals surface area contributed by atoms with Crippen molar-refractivity contribution in [1.82, 2.24) is 10.2 Å². The predicted octanol–water partition coefficient (Wildman–Crippen LogP) is 1.34. The van der Waals surface area contributed by atoms with Gasteiger partial charge < -0.3 is 15.2 Å². The Morgan fingerprint density at radius 2 is 2.22 bits per heavy atom. The number of ether oxygens (including phenoxy) is 2. The summed E-state index contributed by atoms with van der Waals surface area (Å²) in [7, 11) is 1.37. The Labute approximate surface area is 159 Å². The Bertz CT molecular complexity index is 761. The Kier molecular flexibility index (Phi) is 6.53. The van der Waals surface area contributed by atoms with Crippen LogP contribution in [0.5, 0.6) is 0 Å². The molecule has 10 heteroatoms. The number of nitrogens with zero attached hydrogens (tertiary/aromatic N) is 1.